The van der Waals surface area contributed by atoms with Gasteiger partial charge in [-0.15, -0.1) is 0 Å². The van der Waals surface area contributed by atoms with Crippen LogP contribution >= 0.6 is 0 Å². The maximum atomic E-state index is 13.2. The third-order valence-electron chi connectivity index (χ3n) is 7.42. The van der Waals surface area contributed by atoms with E-state index in [1.54, 1.807) is 18.2 Å². The van der Waals surface area contributed by atoms with E-state index < -0.39 is 12.3 Å². The molecule has 6 heteroatoms. The molecule has 0 saturated heterocycles. The van der Waals surface area contributed by atoms with Gasteiger partial charge in [-0.05, 0) is 35.4 Å². The molecule has 7 aromatic rings. The number of hydrogen-bond acceptors (Lipinski definition) is 6. The molecule has 0 amide bonds. The Hall–Kier alpha value is -5.88. The lowest BCUT2D eigenvalue weighted by atomic mass is 9.97. The fourth-order valence-electron chi connectivity index (χ4n) is 5.49. The summed E-state index contributed by atoms with van der Waals surface area (Å²) in [6.45, 7) is 1.90. The number of benzene rings is 7. The van der Waals surface area contributed by atoms with E-state index in [0.717, 1.165) is 27.1 Å². The van der Waals surface area contributed by atoms with Gasteiger partial charge in [0.05, 0.1) is 0 Å². The van der Waals surface area contributed by atoms with Crippen molar-refractivity contribution in [1.82, 2.24) is 0 Å². The van der Waals surface area contributed by atoms with Crippen LogP contribution in [0.2, 0.25) is 0 Å². The largest absolute Gasteiger partial charge is 0.519 e. The van der Waals surface area contributed by atoms with E-state index in [1.165, 1.54) is 0 Å². The van der Waals surface area contributed by atoms with Crippen molar-refractivity contribution < 1.29 is 28.5 Å². The van der Waals surface area contributed by atoms with Crippen molar-refractivity contribution in [1.29, 1.82) is 0 Å². The minimum absolute atomic E-state index is 0.300. The third-order valence-corrected chi connectivity index (χ3v) is 7.42. The SMILES string of the molecule is Cc1cccc2c(OC(=O)Oc3cccc4ccccc34)c3ccccc3c(OC(=O)Oc3cccc4ccccc34)c12. The summed E-state index contributed by atoms with van der Waals surface area (Å²) in [5, 5.41) is 5.82. The highest BCUT2D eigenvalue weighted by atomic mass is 16.7. The normalized spacial score (nSPS) is 11.1. The zero-order valence-electron chi connectivity index (χ0n) is 23.1. The Morgan fingerprint density at radius 1 is 0.419 bits per heavy atom. The first-order chi connectivity index (χ1) is 21.1. The Kier molecular flexibility index (Phi) is 6.56. The second kappa shape index (κ2) is 10.8. The van der Waals surface area contributed by atoms with Gasteiger partial charge in [0.2, 0.25) is 0 Å². The van der Waals surface area contributed by atoms with Gasteiger partial charge < -0.3 is 18.9 Å². The highest BCUT2D eigenvalue weighted by Gasteiger charge is 2.23. The van der Waals surface area contributed by atoms with Crippen molar-refractivity contribution in [2.75, 3.05) is 0 Å². The maximum absolute atomic E-state index is 13.2. The minimum Gasteiger partial charge on any atom is -0.394 e. The van der Waals surface area contributed by atoms with Crippen molar-refractivity contribution in [3.8, 4) is 23.0 Å². The van der Waals surface area contributed by atoms with E-state index >= 15 is 0 Å². The Balaban J connectivity index is 1.28. The zero-order chi connectivity index (χ0) is 29.3. The molecule has 6 nitrogen and oxygen atoms in total. The number of carbonyl (C=O) groups excluding carboxylic acids is 2. The van der Waals surface area contributed by atoms with Crippen molar-refractivity contribution in [3.05, 3.63) is 133 Å². The van der Waals surface area contributed by atoms with Crippen molar-refractivity contribution in [3.63, 3.8) is 0 Å². The molecule has 0 aliphatic heterocycles. The molecule has 0 saturated carbocycles. The molecular formula is C37H24O6. The quantitative estimate of drug-likeness (QED) is 0.120. The lowest BCUT2D eigenvalue weighted by molar-refractivity contribution is 0.151. The van der Waals surface area contributed by atoms with Gasteiger partial charge in [0.15, 0.2) is 5.75 Å². The van der Waals surface area contributed by atoms with Crippen LogP contribution in [0.15, 0.2) is 127 Å². The number of hydrogen-bond donors (Lipinski definition) is 0. The Bertz CT molecular complexity index is 2190. The third kappa shape index (κ3) is 4.85. The van der Waals surface area contributed by atoms with Gasteiger partial charge >= 0.3 is 12.3 Å². The standard InChI is InChI=1S/C37H24O6/c1-23-11-8-20-30-33(23)35(43-37(39)41-32-22-10-15-25-13-3-5-17-27(25)32)29-19-7-6-18-28(29)34(30)42-36(38)40-31-21-9-14-24-12-2-4-16-26(24)31/h2-22H,1H3. The molecule has 0 unspecified atom stereocenters. The Morgan fingerprint density at radius 2 is 0.837 bits per heavy atom. The summed E-state index contributed by atoms with van der Waals surface area (Å²) in [5.74, 6) is 1.40. The minimum atomic E-state index is -0.881. The smallest absolute Gasteiger partial charge is 0.394 e. The van der Waals surface area contributed by atoms with Crippen LogP contribution in [-0.2, 0) is 0 Å². The van der Waals surface area contributed by atoms with E-state index in [9.17, 15) is 9.59 Å². The topological polar surface area (TPSA) is 71.1 Å². The summed E-state index contributed by atoms with van der Waals surface area (Å²) in [4.78, 5) is 26.5. The molecule has 43 heavy (non-hydrogen) atoms. The van der Waals surface area contributed by atoms with Crippen molar-refractivity contribution >= 4 is 55.4 Å². The van der Waals surface area contributed by atoms with Crippen LogP contribution in [-0.4, -0.2) is 12.3 Å². The first-order valence-electron chi connectivity index (χ1n) is 13.8. The monoisotopic (exact) mass is 564 g/mol. The summed E-state index contributed by atoms with van der Waals surface area (Å²) < 4.78 is 23.3. The molecule has 0 N–H and O–H groups in total. The molecule has 0 spiro atoms. The van der Waals surface area contributed by atoms with Gasteiger partial charge in [0.1, 0.15) is 17.2 Å². The summed E-state index contributed by atoms with van der Waals surface area (Å²) in [5.41, 5.74) is 0.823. The van der Waals surface area contributed by atoms with Crippen molar-refractivity contribution in [2.45, 2.75) is 6.92 Å². The highest BCUT2D eigenvalue weighted by Crippen LogP contribution is 2.44. The molecule has 208 valence electrons. The average Bonchev–Trinajstić information content (AvgIpc) is 3.03. The van der Waals surface area contributed by atoms with Crippen LogP contribution in [0.25, 0.3) is 43.1 Å². The summed E-state index contributed by atoms with van der Waals surface area (Å²) >= 11 is 0. The number of rotatable bonds is 4. The first kappa shape index (κ1) is 26.0. The van der Waals surface area contributed by atoms with Crippen LogP contribution in [0.3, 0.4) is 0 Å². The van der Waals surface area contributed by atoms with E-state index in [4.69, 9.17) is 18.9 Å². The van der Waals surface area contributed by atoms with Crippen LogP contribution < -0.4 is 18.9 Å². The predicted molar refractivity (Wildman–Crippen MR) is 167 cm³/mol. The molecule has 0 aliphatic rings. The molecule has 0 aliphatic carbocycles. The summed E-state index contributed by atoms with van der Waals surface area (Å²) in [6, 6.07) is 39.1. The van der Waals surface area contributed by atoms with Gasteiger partial charge in [-0.2, -0.15) is 0 Å². The van der Waals surface area contributed by atoms with Gasteiger partial charge in [-0.25, -0.2) is 9.59 Å². The zero-order valence-corrected chi connectivity index (χ0v) is 23.1. The molecule has 0 heterocycles. The van der Waals surface area contributed by atoms with E-state index in [2.05, 4.69) is 0 Å². The van der Waals surface area contributed by atoms with Crippen molar-refractivity contribution in [2.24, 2.45) is 0 Å². The van der Waals surface area contributed by atoms with Crippen LogP contribution in [0.5, 0.6) is 23.0 Å². The number of carbonyl (C=O) groups is 2. The van der Waals surface area contributed by atoms with Crippen LogP contribution in [0, 0.1) is 6.92 Å². The molecule has 0 fully saturated rings. The fraction of sp³-hybridized carbons (Fsp3) is 0.0270. The highest BCUT2D eigenvalue weighted by molar-refractivity contribution is 6.13. The number of aryl methyl sites for hydroxylation is 1. The molecule has 7 aromatic carbocycles. The molecule has 0 aromatic heterocycles. The molecule has 0 bridgehead atoms. The Labute approximate surface area is 246 Å². The average molecular weight is 565 g/mol. The van der Waals surface area contributed by atoms with Gasteiger partial charge in [0.25, 0.3) is 0 Å². The Morgan fingerprint density at radius 3 is 1.42 bits per heavy atom. The second-order valence-corrected chi connectivity index (χ2v) is 10.1. The van der Waals surface area contributed by atoms with Crippen LogP contribution in [0.4, 0.5) is 9.59 Å². The molecule has 7 rings (SSSR count). The summed E-state index contributed by atoms with van der Waals surface area (Å²) in [7, 11) is 0. The number of fused-ring (bicyclic) bond motifs is 4. The first-order valence-corrected chi connectivity index (χ1v) is 13.8. The summed E-state index contributed by atoms with van der Waals surface area (Å²) in [6.07, 6.45) is -1.76. The van der Waals surface area contributed by atoms with E-state index in [1.807, 2.05) is 116 Å². The van der Waals surface area contributed by atoms with E-state index in [-0.39, 0.29) is 0 Å². The van der Waals surface area contributed by atoms with Crippen LogP contribution in [0.1, 0.15) is 5.56 Å². The van der Waals surface area contributed by atoms with Gasteiger partial charge in [-0.1, -0.05) is 115 Å². The van der Waals surface area contributed by atoms with E-state index in [0.29, 0.717) is 44.5 Å². The molecule has 0 radical (unpaired) electrons. The second-order valence-electron chi connectivity index (χ2n) is 10.1. The predicted octanol–water partition coefficient (Wildman–Crippen LogP) is 9.76. The maximum Gasteiger partial charge on any atom is 0.519 e. The lowest BCUT2D eigenvalue weighted by Crippen LogP contribution is -2.16. The lowest BCUT2D eigenvalue weighted by Gasteiger charge is -2.17. The van der Waals surface area contributed by atoms with Gasteiger partial charge in [0, 0.05) is 32.3 Å². The molecular weight excluding hydrogens is 540 g/mol. The fourth-order valence-corrected chi connectivity index (χ4v) is 5.49. The number of ether oxygens (including phenoxy) is 4. The molecule has 0 atom stereocenters. The van der Waals surface area contributed by atoms with Gasteiger partial charge in [-0.3, -0.25) is 0 Å².